The van der Waals surface area contributed by atoms with Crippen LogP contribution in [-0.4, -0.2) is 43.2 Å². The van der Waals surface area contributed by atoms with Crippen molar-refractivity contribution in [2.75, 3.05) is 10.6 Å². The first-order chi connectivity index (χ1) is 17.5. The number of aliphatic hydroxyl groups is 1. The number of aryl methyl sites for hydroxylation is 1. The molecule has 196 valence electrons. The van der Waals surface area contributed by atoms with Crippen LogP contribution < -0.4 is 10.6 Å². The largest absolute Gasteiger partial charge is 0.383 e. The van der Waals surface area contributed by atoms with Crippen LogP contribution in [0, 0.1) is 17.7 Å². The maximum absolute atomic E-state index is 15.0. The Morgan fingerprint density at radius 3 is 2.54 bits per heavy atom. The Labute approximate surface area is 214 Å². The molecule has 2 aromatic heterocycles. The number of hydrogen-bond acceptors (Lipinski definition) is 6. The van der Waals surface area contributed by atoms with E-state index < -0.39 is 29.2 Å². The predicted octanol–water partition coefficient (Wildman–Crippen LogP) is 4.36. The Morgan fingerprint density at radius 2 is 1.92 bits per heavy atom. The van der Waals surface area contributed by atoms with Gasteiger partial charge in [-0.3, -0.25) is 9.59 Å². The summed E-state index contributed by atoms with van der Waals surface area (Å²) in [4.78, 5) is 29.7. The molecule has 0 aliphatic heterocycles. The summed E-state index contributed by atoms with van der Waals surface area (Å²) >= 11 is 5.80. The zero-order valence-corrected chi connectivity index (χ0v) is 20.3. The number of rotatable bonds is 6. The lowest BCUT2D eigenvalue weighted by atomic mass is 9.87. The molecular weight excluding hydrogens is 515 g/mol. The highest BCUT2D eigenvalue weighted by Crippen LogP contribution is 2.57. The summed E-state index contributed by atoms with van der Waals surface area (Å²) in [7, 11) is 1.66. The summed E-state index contributed by atoms with van der Waals surface area (Å²) in [6.45, 7) is 0. The SMILES string of the molecule is Cn1cnc(C2CC3CC(O)(C(F)(F)C(=O)Nc4ccon4)CC3C2)c1C(=O)Nc1ccc(F)c(Cl)c1. The minimum atomic E-state index is -4.04. The molecule has 2 saturated carbocycles. The molecule has 2 heterocycles. The quantitative estimate of drug-likeness (QED) is 0.429. The van der Waals surface area contributed by atoms with Crippen LogP contribution in [0.15, 0.2) is 41.4 Å². The van der Waals surface area contributed by atoms with Crippen LogP contribution in [0.3, 0.4) is 0 Å². The molecule has 37 heavy (non-hydrogen) atoms. The van der Waals surface area contributed by atoms with E-state index in [9.17, 15) is 19.1 Å². The molecule has 2 aliphatic carbocycles. The number of imidazole rings is 1. The van der Waals surface area contributed by atoms with E-state index in [1.54, 1.807) is 11.6 Å². The number of carbonyl (C=O) groups excluding carboxylic acids is 2. The number of nitrogens with one attached hydrogen (secondary N) is 2. The topological polar surface area (TPSA) is 122 Å². The second-order valence-corrected chi connectivity index (χ2v) is 10.1. The van der Waals surface area contributed by atoms with Crippen molar-refractivity contribution in [1.29, 1.82) is 0 Å². The first kappa shape index (κ1) is 25.3. The van der Waals surface area contributed by atoms with Gasteiger partial charge >= 0.3 is 5.92 Å². The highest BCUT2D eigenvalue weighted by molar-refractivity contribution is 6.31. The number of fused-ring (bicyclic) bond motifs is 1. The molecular formula is C24H23ClF3N5O4. The summed E-state index contributed by atoms with van der Waals surface area (Å²) in [5.74, 6) is -7.71. The van der Waals surface area contributed by atoms with Crippen molar-refractivity contribution in [2.45, 2.75) is 43.1 Å². The van der Waals surface area contributed by atoms with E-state index in [0.717, 1.165) is 12.3 Å². The zero-order chi connectivity index (χ0) is 26.5. The van der Waals surface area contributed by atoms with Gasteiger partial charge in [-0.2, -0.15) is 8.78 Å². The Hall–Kier alpha value is -3.38. The van der Waals surface area contributed by atoms with Gasteiger partial charge in [0, 0.05) is 24.7 Å². The van der Waals surface area contributed by atoms with Gasteiger partial charge in [0.05, 0.1) is 17.0 Å². The van der Waals surface area contributed by atoms with E-state index in [2.05, 4.69) is 20.0 Å². The molecule has 3 N–H and O–H groups in total. The zero-order valence-electron chi connectivity index (χ0n) is 19.6. The molecule has 0 saturated heterocycles. The number of hydrogen-bond donors (Lipinski definition) is 3. The number of carbonyl (C=O) groups is 2. The molecule has 1 aromatic carbocycles. The van der Waals surface area contributed by atoms with Crippen LogP contribution in [0.4, 0.5) is 24.7 Å². The molecule has 2 amide bonds. The molecule has 0 spiro atoms. The number of aromatic nitrogens is 3. The van der Waals surface area contributed by atoms with Gasteiger partial charge in [-0.25, -0.2) is 9.37 Å². The first-order valence-corrected chi connectivity index (χ1v) is 12.0. The second-order valence-electron chi connectivity index (χ2n) is 9.71. The van der Waals surface area contributed by atoms with Crippen molar-refractivity contribution >= 4 is 34.9 Å². The van der Waals surface area contributed by atoms with Crippen LogP contribution in [0.2, 0.25) is 5.02 Å². The molecule has 2 unspecified atom stereocenters. The Kier molecular flexibility index (Phi) is 6.27. The fourth-order valence-corrected chi connectivity index (χ4v) is 5.79. The number of amides is 2. The second kappa shape index (κ2) is 9.18. The number of nitrogens with zero attached hydrogens (tertiary/aromatic N) is 3. The molecule has 2 aliphatic rings. The molecule has 0 radical (unpaired) electrons. The van der Waals surface area contributed by atoms with Crippen LogP contribution >= 0.6 is 11.6 Å². The monoisotopic (exact) mass is 537 g/mol. The van der Waals surface area contributed by atoms with Gasteiger partial charge in [0.15, 0.2) is 5.82 Å². The Bertz CT molecular complexity index is 1330. The van der Waals surface area contributed by atoms with Gasteiger partial charge in [0.25, 0.3) is 11.8 Å². The van der Waals surface area contributed by atoms with Gasteiger partial charge in [0.2, 0.25) is 0 Å². The van der Waals surface area contributed by atoms with E-state index in [1.807, 2.05) is 5.32 Å². The van der Waals surface area contributed by atoms with Crippen molar-refractivity contribution in [3.8, 4) is 0 Å². The van der Waals surface area contributed by atoms with E-state index >= 15 is 8.78 Å². The summed E-state index contributed by atoms with van der Waals surface area (Å²) in [5.41, 5.74) is -1.39. The number of alkyl halides is 2. The Balaban J connectivity index is 1.28. The molecule has 5 rings (SSSR count). The summed E-state index contributed by atoms with van der Waals surface area (Å²) < 4.78 is 49.6. The molecule has 9 nitrogen and oxygen atoms in total. The average Bonchev–Trinajstić information content (AvgIpc) is 3.60. The molecule has 2 atom stereocenters. The molecule has 13 heteroatoms. The van der Waals surface area contributed by atoms with Crippen LogP contribution in [-0.2, 0) is 11.8 Å². The fraction of sp³-hybridized carbons (Fsp3) is 0.417. The van der Waals surface area contributed by atoms with E-state index in [-0.39, 0.29) is 47.1 Å². The minimum absolute atomic E-state index is 0.134. The third-order valence-corrected chi connectivity index (χ3v) is 7.62. The lowest BCUT2D eigenvalue weighted by molar-refractivity contribution is -0.187. The van der Waals surface area contributed by atoms with Gasteiger partial charge in [-0.15, -0.1) is 0 Å². The number of halogens is 4. The van der Waals surface area contributed by atoms with Crippen LogP contribution in [0.25, 0.3) is 0 Å². The first-order valence-electron chi connectivity index (χ1n) is 11.6. The third kappa shape index (κ3) is 4.48. The number of anilines is 2. The smallest absolute Gasteiger partial charge is 0.352 e. The van der Waals surface area contributed by atoms with E-state index in [4.69, 9.17) is 11.6 Å². The van der Waals surface area contributed by atoms with Crippen molar-refractivity contribution in [2.24, 2.45) is 18.9 Å². The lowest BCUT2D eigenvalue weighted by Crippen LogP contribution is -2.54. The lowest BCUT2D eigenvalue weighted by Gasteiger charge is -2.32. The predicted molar refractivity (Wildman–Crippen MR) is 126 cm³/mol. The Morgan fingerprint density at radius 1 is 1.22 bits per heavy atom. The molecule has 3 aromatic rings. The standard InChI is InChI=1S/C24H23ClF3N5O4/c1-33-11-29-19(20(33)21(34)30-15-2-3-17(26)16(25)8-15)12-6-13-9-23(36,10-14(13)7-12)24(27,28)22(35)31-18-4-5-37-32-18/h2-5,8,11-14,36H,6-7,9-10H2,1H3,(H,30,34)(H,31,32,35). The van der Waals surface area contributed by atoms with Crippen molar-refractivity contribution in [3.05, 3.63) is 59.1 Å². The summed E-state index contributed by atoms with van der Waals surface area (Å²) in [6, 6.07) is 5.04. The molecule has 0 bridgehead atoms. The van der Waals surface area contributed by atoms with E-state index in [1.165, 1.54) is 24.5 Å². The van der Waals surface area contributed by atoms with Crippen LogP contribution in [0.1, 0.15) is 47.8 Å². The minimum Gasteiger partial charge on any atom is -0.383 e. The van der Waals surface area contributed by atoms with Crippen molar-refractivity contribution in [1.82, 2.24) is 14.7 Å². The fourth-order valence-electron chi connectivity index (χ4n) is 5.61. The maximum atomic E-state index is 15.0. The summed E-state index contributed by atoms with van der Waals surface area (Å²) in [6.07, 6.45) is 2.94. The van der Waals surface area contributed by atoms with Gasteiger partial charge in [-0.05, 0) is 55.7 Å². The molecule has 2 fully saturated rings. The highest BCUT2D eigenvalue weighted by atomic mass is 35.5. The van der Waals surface area contributed by atoms with Gasteiger partial charge in [0.1, 0.15) is 23.4 Å². The average molecular weight is 538 g/mol. The number of benzene rings is 1. The highest BCUT2D eigenvalue weighted by Gasteiger charge is 2.64. The maximum Gasteiger partial charge on any atom is 0.352 e. The van der Waals surface area contributed by atoms with Crippen molar-refractivity contribution in [3.63, 3.8) is 0 Å². The summed E-state index contributed by atoms with van der Waals surface area (Å²) in [5, 5.41) is 18.8. The van der Waals surface area contributed by atoms with E-state index in [0.29, 0.717) is 24.2 Å². The van der Waals surface area contributed by atoms with Gasteiger partial charge in [-0.1, -0.05) is 16.8 Å². The van der Waals surface area contributed by atoms with Crippen molar-refractivity contribution < 1.29 is 32.4 Å². The normalized spacial score (nSPS) is 25.2. The third-order valence-electron chi connectivity index (χ3n) is 7.33. The van der Waals surface area contributed by atoms with Crippen LogP contribution in [0.5, 0.6) is 0 Å². The van der Waals surface area contributed by atoms with Gasteiger partial charge < -0.3 is 24.8 Å².